The van der Waals surface area contributed by atoms with Crippen LogP contribution in [0.1, 0.15) is 13.3 Å². The SMILES string of the molecule is C[C@H](/C=C\S(C)(=O)=O)N1CCC(C(N)=O)C1. The fraction of sp³-hybridized carbons (Fsp3) is 0.700. The van der Waals surface area contributed by atoms with Gasteiger partial charge in [-0.1, -0.05) is 6.08 Å². The molecule has 1 aliphatic heterocycles. The van der Waals surface area contributed by atoms with E-state index in [0.29, 0.717) is 6.54 Å². The number of carbonyl (C=O) groups excluding carboxylic acids is 1. The van der Waals surface area contributed by atoms with E-state index in [4.69, 9.17) is 5.73 Å². The van der Waals surface area contributed by atoms with Crippen molar-refractivity contribution in [1.29, 1.82) is 0 Å². The van der Waals surface area contributed by atoms with E-state index in [0.717, 1.165) is 19.2 Å². The van der Waals surface area contributed by atoms with Gasteiger partial charge in [-0.2, -0.15) is 0 Å². The van der Waals surface area contributed by atoms with E-state index in [-0.39, 0.29) is 17.9 Å². The number of likely N-dealkylation sites (tertiary alicyclic amines) is 1. The standard InChI is InChI=1S/C10H18N2O3S/c1-8(4-6-16(2,14)15)12-5-3-9(7-12)10(11)13/h4,6,8-9H,3,5,7H2,1-2H3,(H2,11,13)/b6-4-/t8-,9?/m1/s1. The van der Waals surface area contributed by atoms with Crippen LogP contribution in [0.2, 0.25) is 0 Å². The van der Waals surface area contributed by atoms with Crippen molar-refractivity contribution in [3.8, 4) is 0 Å². The summed E-state index contributed by atoms with van der Waals surface area (Å²) in [6.45, 7) is 3.30. The molecule has 0 radical (unpaired) electrons. The Bertz CT molecular complexity index is 389. The number of carbonyl (C=O) groups is 1. The zero-order valence-corrected chi connectivity index (χ0v) is 10.4. The molecular formula is C10H18N2O3S. The lowest BCUT2D eigenvalue weighted by Gasteiger charge is -2.20. The minimum absolute atomic E-state index is 0.0130. The van der Waals surface area contributed by atoms with Crippen molar-refractivity contribution in [2.24, 2.45) is 11.7 Å². The van der Waals surface area contributed by atoms with Crippen molar-refractivity contribution in [2.75, 3.05) is 19.3 Å². The van der Waals surface area contributed by atoms with Crippen LogP contribution in [0.4, 0.5) is 0 Å². The predicted octanol–water partition coefficient (Wildman–Crippen LogP) is -0.260. The molecule has 92 valence electrons. The monoisotopic (exact) mass is 246 g/mol. The average molecular weight is 246 g/mol. The summed E-state index contributed by atoms with van der Waals surface area (Å²) < 4.78 is 21.9. The summed E-state index contributed by atoms with van der Waals surface area (Å²) in [5.41, 5.74) is 5.22. The maximum Gasteiger partial charge on any atom is 0.221 e. The molecule has 0 saturated carbocycles. The molecule has 5 nitrogen and oxygen atoms in total. The summed E-state index contributed by atoms with van der Waals surface area (Å²) in [6.07, 6.45) is 3.55. The summed E-state index contributed by atoms with van der Waals surface area (Å²) in [5, 5.41) is 1.20. The Labute approximate surface area is 96.2 Å². The fourth-order valence-corrected chi connectivity index (χ4v) is 2.28. The molecule has 6 heteroatoms. The second kappa shape index (κ2) is 4.97. The normalized spacial score (nSPS) is 25.0. The number of sulfone groups is 1. The van der Waals surface area contributed by atoms with Crippen LogP contribution in [0.15, 0.2) is 11.5 Å². The lowest BCUT2D eigenvalue weighted by atomic mass is 10.1. The van der Waals surface area contributed by atoms with E-state index in [9.17, 15) is 13.2 Å². The highest BCUT2D eigenvalue weighted by molar-refractivity contribution is 7.93. The van der Waals surface area contributed by atoms with Crippen molar-refractivity contribution in [3.63, 3.8) is 0 Å². The zero-order chi connectivity index (χ0) is 12.3. The first-order chi connectivity index (χ1) is 7.29. The van der Waals surface area contributed by atoms with Crippen molar-refractivity contribution < 1.29 is 13.2 Å². The fourth-order valence-electron chi connectivity index (χ4n) is 1.77. The van der Waals surface area contributed by atoms with Crippen molar-refractivity contribution in [3.05, 3.63) is 11.5 Å². The third-order valence-corrected chi connectivity index (χ3v) is 3.45. The molecular weight excluding hydrogens is 228 g/mol. The van der Waals surface area contributed by atoms with E-state index in [1.165, 1.54) is 5.41 Å². The molecule has 1 heterocycles. The third kappa shape index (κ3) is 3.94. The first-order valence-corrected chi connectivity index (χ1v) is 7.16. The molecule has 1 saturated heterocycles. The van der Waals surface area contributed by atoms with Crippen LogP contribution in [0.3, 0.4) is 0 Å². The Morgan fingerprint density at radius 3 is 2.62 bits per heavy atom. The Balaban J connectivity index is 2.55. The van der Waals surface area contributed by atoms with Crippen molar-refractivity contribution in [1.82, 2.24) is 4.90 Å². The lowest BCUT2D eigenvalue weighted by Crippen LogP contribution is -2.32. The molecule has 0 aromatic heterocycles. The highest BCUT2D eigenvalue weighted by atomic mass is 32.2. The molecule has 0 spiro atoms. The average Bonchev–Trinajstić information content (AvgIpc) is 2.61. The number of nitrogens with zero attached hydrogens (tertiary/aromatic N) is 1. The van der Waals surface area contributed by atoms with Gasteiger partial charge in [0, 0.05) is 24.3 Å². The molecule has 1 aliphatic rings. The summed E-state index contributed by atoms with van der Waals surface area (Å²) in [4.78, 5) is 13.0. The first-order valence-electron chi connectivity index (χ1n) is 5.21. The smallest absolute Gasteiger partial charge is 0.221 e. The van der Waals surface area contributed by atoms with Gasteiger partial charge in [0.1, 0.15) is 0 Å². The van der Waals surface area contributed by atoms with Gasteiger partial charge in [-0.15, -0.1) is 0 Å². The number of nitrogens with two attached hydrogens (primary N) is 1. The Morgan fingerprint density at radius 1 is 1.56 bits per heavy atom. The van der Waals surface area contributed by atoms with Gasteiger partial charge in [0.15, 0.2) is 9.84 Å². The van der Waals surface area contributed by atoms with Crippen molar-refractivity contribution in [2.45, 2.75) is 19.4 Å². The van der Waals surface area contributed by atoms with Crippen LogP contribution < -0.4 is 5.73 Å². The molecule has 2 atom stereocenters. The summed E-state index contributed by atoms with van der Waals surface area (Å²) >= 11 is 0. The molecule has 16 heavy (non-hydrogen) atoms. The Morgan fingerprint density at radius 2 is 2.19 bits per heavy atom. The largest absolute Gasteiger partial charge is 0.369 e. The molecule has 1 fully saturated rings. The minimum atomic E-state index is -3.08. The molecule has 0 aromatic rings. The first kappa shape index (κ1) is 13.2. The van der Waals surface area contributed by atoms with Crippen LogP contribution >= 0.6 is 0 Å². The Kier molecular flexibility index (Phi) is 4.09. The zero-order valence-electron chi connectivity index (χ0n) is 9.59. The highest BCUT2D eigenvalue weighted by Crippen LogP contribution is 2.18. The summed E-state index contributed by atoms with van der Waals surface area (Å²) in [7, 11) is -3.08. The summed E-state index contributed by atoms with van der Waals surface area (Å²) in [5.74, 6) is -0.379. The van der Waals surface area contributed by atoms with Gasteiger partial charge >= 0.3 is 0 Å². The van der Waals surface area contributed by atoms with Gasteiger partial charge in [0.25, 0.3) is 0 Å². The second-order valence-corrected chi connectivity index (χ2v) is 6.21. The lowest BCUT2D eigenvalue weighted by molar-refractivity contribution is -0.121. The number of primary amides is 1. The molecule has 0 aromatic carbocycles. The van der Waals surface area contributed by atoms with Crippen LogP contribution in [-0.2, 0) is 14.6 Å². The molecule has 1 rings (SSSR count). The molecule has 2 N–H and O–H groups in total. The summed E-state index contributed by atoms with van der Waals surface area (Å²) in [6, 6.07) is 0.0130. The topological polar surface area (TPSA) is 80.5 Å². The number of rotatable bonds is 4. The number of hydrogen-bond acceptors (Lipinski definition) is 4. The van der Waals surface area contributed by atoms with Gasteiger partial charge in [0.05, 0.1) is 5.92 Å². The maximum atomic E-state index is 11.0. The molecule has 0 aliphatic carbocycles. The van der Waals surface area contributed by atoms with Gasteiger partial charge in [-0.05, 0) is 19.9 Å². The Hall–Kier alpha value is -0.880. The van der Waals surface area contributed by atoms with Gasteiger partial charge in [0.2, 0.25) is 5.91 Å². The second-order valence-electron chi connectivity index (χ2n) is 4.28. The molecule has 0 bridgehead atoms. The molecule has 1 amide bonds. The van der Waals surface area contributed by atoms with Gasteiger partial charge < -0.3 is 5.73 Å². The van der Waals surface area contributed by atoms with E-state index in [2.05, 4.69) is 4.90 Å². The van der Waals surface area contributed by atoms with Crippen LogP contribution in [0.25, 0.3) is 0 Å². The van der Waals surface area contributed by atoms with Crippen LogP contribution in [-0.4, -0.2) is 44.6 Å². The van der Waals surface area contributed by atoms with E-state index in [1.807, 2.05) is 6.92 Å². The van der Waals surface area contributed by atoms with Crippen molar-refractivity contribution >= 4 is 15.7 Å². The van der Waals surface area contributed by atoms with Crippen LogP contribution in [0, 0.1) is 5.92 Å². The quantitative estimate of drug-likeness (QED) is 0.741. The van der Waals surface area contributed by atoms with Crippen LogP contribution in [0.5, 0.6) is 0 Å². The van der Waals surface area contributed by atoms with Gasteiger partial charge in [-0.3, -0.25) is 9.69 Å². The van der Waals surface area contributed by atoms with Gasteiger partial charge in [-0.25, -0.2) is 8.42 Å². The number of hydrogen-bond donors (Lipinski definition) is 1. The van der Waals surface area contributed by atoms with E-state index >= 15 is 0 Å². The minimum Gasteiger partial charge on any atom is -0.369 e. The van der Waals surface area contributed by atoms with E-state index < -0.39 is 9.84 Å². The maximum absolute atomic E-state index is 11.0. The molecule has 1 unspecified atom stereocenters. The van der Waals surface area contributed by atoms with E-state index in [1.54, 1.807) is 6.08 Å². The predicted molar refractivity (Wildman–Crippen MR) is 62.3 cm³/mol. The number of amides is 1. The third-order valence-electron chi connectivity index (χ3n) is 2.80. The highest BCUT2D eigenvalue weighted by Gasteiger charge is 2.28.